The van der Waals surface area contributed by atoms with E-state index in [0.717, 1.165) is 11.8 Å². The van der Waals surface area contributed by atoms with E-state index in [-0.39, 0.29) is 49.3 Å². The van der Waals surface area contributed by atoms with Crippen molar-refractivity contribution in [1.82, 2.24) is 10.6 Å². The highest BCUT2D eigenvalue weighted by Gasteiger charge is 2.43. The lowest BCUT2D eigenvalue weighted by Crippen LogP contribution is -2.52. The van der Waals surface area contributed by atoms with Crippen LogP contribution in [0.25, 0.3) is 0 Å². The Balaban J connectivity index is 2.21. The quantitative estimate of drug-likeness (QED) is 0.330. The van der Waals surface area contributed by atoms with Gasteiger partial charge in [0, 0.05) is 30.7 Å². The number of thioether (sulfide) groups is 1. The van der Waals surface area contributed by atoms with E-state index in [9.17, 15) is 24.0 Å². The van der Waals surface area contributed by atoms with Gasteiger partial charge in [0.15, 0.2) is 11.2 Å². The second kappa shape index (κ2) is 10.1. The minimum Gasteiger partial charge on any atom is -0.434 e. The van der Waals surface area contributed by atoms with Crippen molar-refractivity contribution in [3.8, 4) is 0 Å². The van der Waals surface area contributed by atoms with Crippen molar-refractivity contribution in [2.75, 3.05) is 25.4 Å². The third kappa shape index (κ3) is 7.85. The lowest BCUT2D eigenvalue weighted by Gasteiger charge is -2.35. The van der Waals surface area contributed by atoms with Crippen molar-refractivity contribution in [3.63, 3.8) is 0 Å². The molecular formula is C16H24N2O7S. The molecule has 0 aromatic rings. The number of ketones is 1. The van der Waals surface area contributed by atoms with E-state index >= 15 is 0 Å². The van der Waals surface area contributed by atoms with Crippen LogP contribution in [-0.4, -0.2) is 60.4 Å². The Bertz CT molecular complexity index is 577. The van der Waals surface area contributed by atoms with Gasteiger partial charge in [0.1, 0.15) is 12.4 Å². The first-order valence-corrected chi connectivity index (χ1v) is 9.13. The molecule has 0 saturated carbocycles. The van der Waals surface area contributed by atoms with Gasteiger partial charge in [0.25, 0.3) is 5.91 Å². The number of carbonyl (C=O) groups excluding carboxylic acids is 5. The molecule has 1 atom stereocenters. The van der Waals surface area contributed by atoms with Gasteiger partial charge in [-0.2, -0.15) is 0 Å². The van der Waals surface area contributed by atoms with Crippen LogP contribution < -0.4 is 10.6 Å². The van der Waals surface area contributed by atoms with Gasteiger partial charge in [-0.05, 0) is 6.92 Å². The summed E-state index contributed by atoms with van der Waals surface area (Å²) < 4.78 is 9.68. The zero-order chi connectivity index (χ0) is 19.7. The molecule has 0 radical (unpaired) electrons. The first kappa shape index (κ1) is 21.9. The Hall–Kier alpha value is -2.10. The Labute approximate surface area is 155 Å². The molecule has 0 aliphatic carbocycles. The Morgan fingerprint density at radius 2 is 1.88 bits per heavy atom. The van der Waals surface area contributed by atoms with E-state index in [1.807, 2.05) is 0 Å². The summed E-state index contributed by atoms with van der Waals surface area (Å²) >= 11 is 0.990. The predicted molar refractivity (Wildman–Crippen MR) is 93.4 cm³/mol. The first-order chi connectivity index (χ1) is 12.1. The van der Waals surface area contributed by atoms with Crippen molar-refractivity contribution in [2.24, 2.45) is 5.41 Å². The minimum absolute atomic E-state index is 0.0510. The van der Waals surface area contributed by atoms with Crippen LogP contribution in [0.4, 0.5) is 4.79 Å². The van der Waals surface area contributed by atoms with Crippen LogP contribution in [-0.2, 0) is 28.7 Å². The Morgan fingerprint density at radius 1 is 1.19 bits per heavy atom. The van der Waals surface area contributed by atoms with Crippen LogP contribution in [0.5, 0.6) is 0 Å². The van der Waals surface area contributed by atoms with Gasteiger partial charge in [0.05, 0.1) is 6.42 Å². The lowest BCUT2D eigenvalue weighted by atomic mass is 9.86. The average molecular weight is 388 g/mol. The standard InChI is InChI=1S/C16H24N2O7S/c1-10(19)8-12(21)26-7-6-17-11(20)4-5-18-14(22)13-16(2,3)9-24-15(23)25-13/h13H,4-9H2,1-3H3,(H,17,20)(H,18,22)/t13-/m0/s1. The molecule has 146 valence electrons. The number of hydrogen-bond acceptors (Lipinski definition) is 8. The van der Waals surface area contributed by atoms with Gasteiger partial charge >= 0.3 is 6.16 Å². The maximum atomic E-state index is 12.1. The second-order valence-electron chi connectivity index (χ2n) is 6.52. The topological polar surface area (TPSA) is 128 Å². The highest BCUT2D eigenvalue weighted by atomic mass is 32.2. The number of ether oxygens (including phenoxy) is 2. The molecule has 9 nitrogen and oxygen atoms in total. The molecule has 1 saturated heterocycles. The van der Waals surface area contributed by atoms with E-state index in [2.05, 4.69) is 10.6 Å². The smallest absolute Gasteiger partial charge is 0.434 e. The molecule has 0 spiro atoms. The fourth-order valence-corrected chi connectivity index (χ4v) is 2.85. The molecule has 1 aliphatic heterocycles. The number of amides is 2. The summed E-state index contributed by atoms with van der Waals surface area (Å²) in [7, 11) is 0. The molecular weight excluding hydrogens is 364 g/mol. The van der Waals surface area contributed by atoms with Gasteiger partial charge in [0.2, 0.25) is 5.91 Å². The number of carbonyl (C=O) groups is 5. The molecule has 1 rings (SSSR count). The number of rotatable bonds is 9. The van der Waals surface area contributed by atoms with Crippen LogP contribution in [0.15, 0.2) is 0 Å². The maximum absolute atomic E-state index is 12.1. The van der Waals surface area contributed by atoms with E-state index in [0.29, 0.717) is 5.75 Å². The van der Waals surface area contributed by atoms with Crippen molar-refractivity contribution >= 4 is 40.6 Å². The van der Waals surface area contributed by atoms with Gasteiger partial charge in [-0.15, -0.1) is 0 Å². The fourth-order valence-electron chi connectivity index (χ4n) is 2.11. The van der Waals surface area contributed by atoms with Crippen LogP contribution in [0, 0.1) is 5.41 Å². The molecule has 0 unspecified atom stereocenters. The van der Waals surface area contributed by atoms with E-state index < -0.39 is 23.6 Å². The number of nitrogens with one attached hydrogen (secondary N) is 2. The van der Waals surface area contributed by atoms with Crippen LogP contribution in [0.3, 0.4) is 0 Å². The van der Waals surface area contributed by atoms with E-state index in [4.69, 9.17) is 9.47 Å². The molecule has 0 aromatic carbocycles. The predicted octanol–water partition coefficient (Wildman–Crippen LogP) is 0.409. The maximum Gasteiger partial charge on any atom is 0.509 e. The van der Waals surface area contributed by atoms with Crippen molar-refractivity contribution in [3.05, 3.63) is 0 Å². The SMILES string of the molecule is CC(=O)CC(=O)SCCNC(=O)CCNC(=O)[C@@H]1OC(=O)OCC1(C)C. The fraction of sp³-hybridized carbons (Fsp3) is 0.688. The third-order valence-corrected chi connectivity index (χ3v) is 4.33. The highest BCUT2D eigenvalue weighted by Crippen LogP contribution is 2.28. The molecule has 1 fully saturated rings. The minimum atomic E-state index is -0.976. The van der Waals surface area contributed by atoms with Gasteiger partial charge < -0.3 is 20.1 Å². The number of cyclic esters (lactones) is 2. The van der Waals surface area contributed by atoms with Crippen molar-refractivity contribution in [2.45, 2.75) is 39.7 Å². The number of Topliss-reactive ketones (excluding diaryl/α,β-unsaturated/α-hetero) is 1. The summed E-state index contributed by atoms with van der Waals surface area (Å²) in [6, 6.07) is 0. The zero-order valence-corrected chi connectivity index (χ0v) is 15.9. The van der Waals surface area contributed by atoms with Crippen LogP contribution >= 0.6 is 11.8 Å². The molecule has 1 heterocycles. The molecule has 10 heteroatoms. The summed E-state index contributed by atoms with van der Waals surface area (Å²) in [5, 5.41) is 4.95. The molecule has 26 heavy (non-hydrogen) atoms. The molecule has 2 amide bonds. The van der Waals surface area contributed by atoms with Crippen LogP contribution in [0.1, 0.15) is 33.6 Å². The van der Waals surface area contributed by atoms with Crippen molar-refractivity contribution < 1.29 is 33.4 Å². The highest BCUT2D eigenvalue weighted by molar-refractivity contribution is 8.13. The Kier molecular flexibility index (Phi) is 8.56. The molecule has 0 bridgehead atoms. The normalized spacial score (nSPS) is 18.3. The summed E-state index contributed by atoms with van der Waals surface area (Å²) in [6.07, 6.45) is -1.93. The summed E-state index contributed by atoms with van der Waals surface area (Å²) in [4.78, 5) is 57.1. The van der Waals surface area contributed by atoms with Gasteiger partial charge in [-0.1, -0.05) is 25.6 Å². The summed E-state index contributed by atoms with van der Waals surface area (Å²) in [5.41, 5.74) is -0.663. The van der Waals surface area contributed by atoms with Crippen molar-refractivity contribution in [1.29, 1.82) is 0 Å². The van der Waals surface area contributed by atoms with Crippen LogP contribution in [0.2, 0.25) is 0 Å². The summed E-state index contributed by atoms with van der Waals surface area (Å²) in [6.45, 7) is 5.27. The van der Waals surface area contributed by atoms with Gasteiger partial charge in [-0.25, -0.2) is 4.79 Å². The summed E-state index contributed by atoms with van der Waals surface area (Å²) in [5.74, 6) is -0.588. The largest absolute Gasteiger partial charge is 0.509 e. The van der Waals surface area contributed by atoms with E-state index in [1.54, 1.807) is 13.8 Å². The second-order valence-corrected chi connectivity index (χ2v) is 7.67. The molecule has 2 N–H and O–H groups in total. The molecule has 1 aliphatic rings. The third-order valence-electron chi connectivity index (χ3n) is 3.46. The number of hydrogen-bond donors (Lipinski definition) is 2. The monoisotopic (exact) mass is 388 g/mol. The first-order valence-electron chi connectivity index (χ1n) is 8.14. The zero-order valence-electron chi connectivity index (χ0n) is 15.1. The molecule has 0 aromatic heterocycles. The van der Waals surface area contributed by atoms with E-state index in [1.165, 1.54) is 6.92 Å². The Morgan fingerprint density at radius 3 is 2.54 bits per heavy atom. The lowest BCUT2D eigenvalue weighted by molar-refractivity contribution is -0.149. The average Bonchev–Trinajstić information content (AvgIpc) is 2.53. The van der Waals surface area contributed by atoms with Gasteiger partial charge in [-0.3, -0.25) is 19.2 Å².